The maximum absolute atomic E-state index is 2.38. The predicted octanol–water partition coefficient (Wildman–Crippen LogP) is -0.627. The molecule has 0 saturated carbocycles. The van der Waals surface area contributed by atoms with E-state index in [1.54, 1.807) is 9.45 Å². The largest absolute Gasteiger partial charge is 1.00 e. The van der Waals surface area contributed by atoms with Gasteiger partial charge in [0.05, 0.1) is 0 Å². The van der Waals surface area contributed by atoms with E-state index in [0.717, 1.165) is 0 Å². The average molecular weight is 379 g/mol. The Balaban J connectivity index is 0.00000200. The Kier molecular flexibility index (Phi) is 9.30. The van der Waals surface area contributed by atoms with Gasteiger partial charge in [0, 0.05) is 0 Å². The van der Waals surface area contributed by atoms with Crippen LogP contribution in [0.25, 0.3) is 0 Å². The Morgan fingerprint density at radius 3 is 2.33 bits per heavy atom. The summed E-state index contributed by atoms with van der Waals surface area (Å²) in [4.78, 5) is 0. The van der Waals surface area contributed by atoms with E-state index in [0.29, 0.717) is 4.75 Å². The zero-order valence-electron chi connectivity index (χ0n) is 13.2. The van der Waals surface area contributed by atoms with E-state index in [9.17, 15) is 0 Å². The summed E-state index contributed by atoms with van der Waals surface area (Å²) in [5, 5.41) is 0. The van der Waals surface area contributed by atoms with Crippen LogP contribution in [-0.2, 0) is 19.2 Å². The summed E-state index contributed by atoms with van der Waals surface area (Å²) in [6.07, 6.45) is 18.6. The van der Waals surface area contributed by atoms with Gasteiger partial charge in [-0.05, 0) is 0 Å². The van der Waals surface area contributed by atoms with Gasteiger partial charge in [-0.2, -0.15) is 0 Å². The van der Waals surface area contributed by atoms with Crippen LogP contribution in [0.5, 0.6) is 0 Å². The molecule has 0 saturated heterocycles. The van der Waals surface area contributed by atoms with Gasteiger partial charge in [-0.1, -0.05) is 0 Å². The van der Waals surface area contributed by atoms with Crippen LogP contribution in [0.2, 0.25) is 4.73 Å². The van der Waals surface area contributed by atoms with Gasteiger partial charge in [-0.25, -0.2) is 0 Å². The van der Waals surface area contributed by atoms with Gasteiger partial charge in [0.2, 0.25) is 0 Å². The quantitative estimate of drug-likeness (QED) is 0.587. The predicted molar refractivity (Wildman–Crippen MR) is 84.2 cm³/mol. The smallest absolute Gasteiger partial charge is 1.00 e. The molecule has 0 fully saturated rings. The SMILES string of the molecule is CSC1([CH2][Ti+2][C]2=CC=CC2)CC=CC=C1C(C)(C)C.[Cl-].[Cl-]. The van der Waals surface area contributed by atoms with Gasteiger partial charge < -0.3 is 24.8 Å². The normalized spacial score (nSPS) is 23.6. The number of rotatable bonds is 4. The Morgan fingerprint density at radius 2 is 1.81 bits per heavy atom. The summed E-state index contributed by atoms with van der Waals surface area (Å²) < 4.78 is 3.46. The molecule has 2 aliphatic carbocycles. The minimum absolute atomic E-state index is 0. The van der Waals surface area contributed by atoms with Crippen molar-refractivity contribution >= 4 is 11.8 Å². The van der Waals surface area contributed by atoms with Gasteiger partial charge in [0.25, 0.3) is 0 Å². The van der Waals surface area contributed by atoms with Crippen LogP contribution in [0.3, 0.4) is 0 Å². The molecule has 0 aliphatic heterocycles. The Hall–Kier alpha value is 0.604. The first-order chi connectivity index (χ1) is 8.98. The number of hydrogen-bond donors (Lipinski definition) is 0. The molecule has 0 aromatic heterocycles. The van der Waals surface area contributed by atoms with Crippen LogP contribution in [0.1, 0.15) is 33.6 Å². The fourth-order valence-electron chi connectivity index (χ4n) is 2.89. The Morgan fingerprint density at radius 1 is 1.14 bits per heavy atom. The summed E-state index contributed by atoms with van der Waals surface area (Å²) in [6, 6.07) is 0. The third-order valence-corrected chi connectivity index (χ3v) is 8.13. The van der Waals surface area contributed by atoms with E-state index >= 15 is 0 Å². The molecule has 4 heteroatoms. The van der Waals surface area contributed by atoms with Crippen molar-refractivity contribution in [3.8, 4) is 0 Å². The van der Waals surface area contributed by atoms with Gasteiger partial charge >= 0.3 is 132 Å². The zero-order chi connectivity index (χ0) is 13.9. The molecular formula is C17H24Cl2STi. The van der Waals surface area contributed by atoms with Crippen LogP contribution in [0.4, 0.5) is 0 Å². The molecule has 21 heavy (non-hydrogen) atoms. The van der Waals surface area contributed by atoms with Crippen molar-refractivity contribution in [2.75, 3.05) is 6.26 Å². The number of halogens is 2. The van der Waals surface area contributed by atoms with E-state index in [4.69, 9.17) is 0 Å². The second-order valence-corrected chi connectivity index (χ2v) is 9.64. The second-order valence-electron chi connectivity index (χ2n) is 6.34. The van der Waals surface area contributed by atoms with Crippen molar-refractivity contribution < 1.29 is 44.0 Å². The number of hydrogen-bond acceptors (Lipinski definition) is 1. The third-order valence-electron chi connectivity index (χ3n) is 3.91. The summed E-state index contributed by atoms with van der Waals surface area (Å²) in [5.74, 6) is 0. The minimum Gasteiger partial charge on any atom is -1.00 e. The summed E-state index contributed by atoms with van der Waals surface area (Å²) in [5.41, 5.74) is 1.92. The van der Waals surface area contributed by atoms with E-state index in [1.807, 2.05) is 0 Å². The standard InChI is InChI=1S/C12H19S.C5H5.2ClH.Ti/c1-11(2,3)10-8-6-7-9-12(10,4)13-5;1-2-4-5-3-1;;;/h6-8H,4,9H2,1-3,5H3;1-3H,4H2;2*1H;/q;;;;+2/p-2. The molecule has 0 heterocycles. The monoisotopic (exact) mass is 378 g/mol. The van der Waals surface area contributed by atoms with Crippen molar-refractivity contribution in [3.63, 3.8) is 0 Å². The molecule has 0 radical (unpaired) electrons. The number of thioether (sulfide) groups is 1. The van der Waals surface area contributed by atoms with Crippen LogP contribution < -0.4 is 24.8 Å². The molecule has 1 atom stereocenters. The van der Waals surface area contributed by atoms with E-state index < -0.39 is 0 Å². The molecule has 0 N–H and O–H groups in total. The molecule has 0 spiro atoms. The average Bonchev–Trinajstić information content (AvgIpc) is 2.88. The van der Waals surface area contributed by atoms with E-state index in [1.165, 1.54) is 17.6 Å². The molecule has 0 amide bonds. The van der Waals surface area contributed by atoms with Gasteiger partial charge in [0.1, 0.15) is 0 Å². The minimum atomic E-state index is 0. The van der Waals surface area contributed by atoms with Gasteiger partial charge in [-0.15, -0.1) is 0 Å². The van der Waals surface area contributed by atoms with E-state index in [-0.39, 0.29) is 49.4 Å². The van der Waals surface area contributed by atoms with Crippen molar-refractivity contribution in [1.29, 1.82) is 0 Å². The number of allylic oxidation sites excluding steroid dienone is 7. The molecule has 0 nitrogen and oxygen atoms in total. The van der Waals surface area contributed by atoms with Gasteiger partial charge in [-0.3, -0.25) is 0 Å². The molecule has 1 unspecified atom stereocenters. The second kappa shape index (κ2) is 9.04. The van der Waals surface area contributed by atoms with Crippen molar-refractivity contribution in [2.45, 2.75) is 43.1 Å². The Labute approximate surface area is 155 Å². The van der Waals surface area contributed by atoms with Crippen LogP contribution in [0, 0.1) is 5.41 Å². The third kappa shape index (κ3) is 5.32. The van der Waals surface area contributed by atoms with Crippen LogP contribution >= 0.6 is 11.8 Å². The van der Waals surface area contributed by atoms with Crippen LogP contribution in [-0.4, -0.2) is 11.0 Å². The fourth-order valence-corrected chi connectivity index (χ4v) is 6.93. The maximum Gasteiger partial charge on any atom is -1.00 e. The molecule has 2 aliphatic rings. The molecule has 2 rings (SSSR count). The molecular weight excluding hydrogens is 355 g/mol. The summed E-state index contributed by atoms with van der Waals surface area (Å²) >= 11 is 2.10. The first-order valence-corrected chi connectivity index (χ1v) is 10.1. The maximum atomic E-state index is 2.38. The fraction of sp³-hybridized carbons (Fsp3) is 0.529. The zero-order valence-corrected chi connectivity index (χ0v) is 17.1. The van der Waals surface area contributed by atoms with E-state index in [2.05, 4.69) is 75.2 Å². The summed E-state index contributed by atoms with van der Waals surface area (Å²) in [7, 11) is 0. The first-order valence-electron chi connectivity index (χ1n) is 7.00. The van der Waals surface area contributed by atoms with Crippen molar-refractivity contribution in [1.82, 2.24) is 0 Å². The summed E-state index contributed by atoms with van der Waals surface area (Å²) in [6.45, 7) is 7.08. The Bertz CT molecular complexity index is 458. The molecule has 0 bridgehead atoms. The molecule has 0 aromatic rings. The van der Waals surface area contributed by atoms with Crippen molar-refractivity contribution in [2.24, 2.45) is 5.41 Å². The topological polar surface area (TPSA) is 0 Å². The molecule has 0 aromatic carbocycles. The first kappa shape index (κ1) is 21.6. The van der Waals surface area contributed by atoms with Crippen molar-refractivity contribution in [3.05, 3.63) is 45.9 Å². The van der Waals surface area contributed by atoms with Gasteiger partial charge in [0.15, 0.2) is 0 Å². The molecule has 116 valence electrons. The van der Waals surface area contributed by atoms with Crippen LogP contribution in [0.15, 0.2) is 45.9 Å².